The molecule has 0 aromatic heterocycles. The molecule has 0 saturated heterocycles. The van der Waals surface area contributed by atoms with E-state index in [1.54, 1.807) is 0 Å². The Morgan fingerprint density at radius 3 is 2.19 bits per heavy atom. The molecule has 1 nitrogen and oxygen atoms in total. The van der Waals surface area contributed by atoms with Gasteiger partial charge in [-0.2, -0.15) is 13.2 Å². The largest absolute Gasteiger partial charge is 0.491 e. The van der Waals surface area contributed by atoms with E-state index in [9.17, 15) is 13.2 Å². The van der Waals surface area contributed by atoms with Crippen LogP contribution in [0.3, 0.4) is 0 Å². The minimum Gasteiger partial charge on any atom is -0.491 e. The van der Waals surface area contributed by atoms with Gasteiger partial charge in [0.15, 0.2) is 0 Å². The molecule has 0 fully saturated rings. The molecular formula is C12H15F3O. The van der Waals surface area contributed by atoms with E-state index in [0.29, 0.717) is 5.75 Å². The molecule has 90 valence electrons. The van der Waals surface area contributed by atoms with Gasteiger partial charge in [0.1, 0.15) is 5.75 Å². The lowest BCUT2D eigenvalue weighted by atomic mass is 10.2. The van der Waals surface area contributed by atoms with Crippen molar-refractivity contribution >= 4 is 0 Å². The van der Waals surface area contributed by atoms with E-state index in [2.05, 4.69) is 0 Å². The van der Waals surface area contributed by atoms with E-state index in [4.69, 9.17) is 4.74 Å². The van der Waals surface area contributed by atoms with Gasteiger partial charge in [-0.1, -0.05) is 13.3 Å². The molecule has 1 atom stereocenters. The maximum Gasteiger partial charge on any atom is 0.416 e. The Kier molecular flexibility index (Phi) is 4.21. The first-order valence-electron chi connectivity index (χ1n) is 5.27. The van der Waals surface area contributed by atoms with Gasteiger partial charge in [0.25, 0.3) is 0 Å². The van der Waals surface area contributed by atoms with Crippen molar-refractivity contribution < 1.29 is 17.9 Å². The molecule has 0 amide bonds. The summed E-state index contributed by atoms with van der Waals surface area (Å²) in [6, 6.07) is 4.78. The average Bonchev–Trinajstić information content (AvgIpc) is 2.17. The molecular weight excluding hydrogens is 217 g/mol. The third kappa shape index (κ3) is 3.76. The second kappa shape index (κ2) is 5.23. The summed E-state index contributed by atoms with van der Waals surface area (Å²) in [6.07, 6.45) is -2.38. The van der Waals surface area contributed by atoms with Gasteiger partial charge in [-0.25, -0.2) is 0 Å². The quantitative estimate of drug-likeness (QED) is 0.753. The average molecular weight is 232 g/mol. The zero-order valence-electron chi connectivity index (χ0n) is 9.34. The highest BCUT2D eigenvalue weighted by atomic mass is 19.4. The highest BCUT2D eigenvalue weighted by molar-refractivity contribution is 5.28. The second-order valence-corrected chi connectivity index (χ2v) is 3.74. The number of hydrogen-bond donors (Lipinski definition) is 0. The fourth-order valence-electron chi connectivity index (χ4n) is 1.42. The number of alkyl halides is 3. The molecule has 0 aliphatic rings. The molecule has 0 N–H and O–H groups in total. The fourth-order valence-corrected chi connectivity index (χ4v) is 1.42. The van der Waals surface area contributed by atoms with Crippen LogP contribution in [0.25, 0.3) is 0 Å². The Morgan fingerprint density at radius 1 is 1.19 bits per heavy atom. The zero-order chi connectivity index (χ0) is 12.2. The fraction of sp³-hybridized carbons (Fsp3) is 0.500. The summed E-state index contributed by atoms with van der Waals surface area (Å²) in [4.78, 5) is 0. The van der Waals surface area contributed by atoms with E-state index < -0.39 is 11.7 Å². The van der Waals surface area contributed by atoms with E-state index in [0.717, 1.165) is 25.0 Å². The maximum absolute atomic E-state index is 12.3. The van der Waals surface area contributed by atoms with Gasteiger partial charge >= 0.3 is 6.18 Å². The van der Waals surface area contributed by atoms with E-state index >= 15 is 0 Å². The number of hydrogen-bond acceptors (Lipinski definition) is 1. The van der Waals surface area contributed by atoms with Gasteiger partial charge < -0.3 is 4.74 Å². The molecule has 4 heteroatoms. The third-order valence-corrected chi connectivity index (χ3v) is 2.21. The number of rotatable bonds is 4. The van der Waals surface area contributed by atoms with Crippen LogP contribution in [0, 0.1) is 0 Å². The predicted octanol–water partition coefficient (Wildman–Crippen LogP) is 4.27. The Hall–Kier alpha value is -1.19. The Balaban J connectivity index is 2.65. The molecule has 1 aromatic carbocycles. The Bertz CT molecular complexity index is 316. The van der Waals surface area contributed by atoms with Crippen LogP contribution in [0.2, 0.25) is 0 Å². The van der Waals surface area contributed by atoms with Crippen molar-refractivity contribution in [1.82, 2.24) is 0 Å². The van der Waals surface area contributed by atoms with Gasteiger partial charge in [-0.3, -0.25) is 0 Å². The molecule has 1 aromatic rings. The molecule has 0 aliphatic heterocycles. The molecule has 0 heterocycles. The minimum absolute atomic E-state index is 0.0294. The standard InChI is InChI=1S/C12H15F3O/c1-3-4-9(2)16-11-7-5-10(6-8-11)12(13,14)15/h5-9H,3-4H2,1-2H3. The number of ether oxygens (including phenoxy) is 1. The van der Waals surface area contributed by atoms with Crippen LogP contribution in [-0.2, 0) is 6.18 Å². The molecule has 0 aliphatic carbocycles. The summed E-state index contributed by atoms with van der Waals surface area (Å²) >= 11 is 0. The van der Waals surface area contributed by atoms with Gasteiger partial charge in [-0.05, 0) is 37.6 Å². The SMILES string of the molecule is CCCC(C)Oc1ccc(C(F)(F)F)cc1. The van der Waals surface area contributed by atoms with Crippen molar-refractivity contribution in [3.8, 4) is 5.75 Å². The highest BCUT2D eigenvalue weighted by Gasteiger charge is 2.30. The van der Waals surface area contributed by atoms with Crippen LogP contribution in [0.4, 0.5) is 13.2 Å². The lowest BCUT2D eigenvalue weighted by Crippen LogP contribution is -2.11. The molecule has 0 spiro atoms. The van der Waals surface area contributed by atoms with Crippen LogP contribution >= 0.6 is 0 Å². The molecule has 0 radical (unpaired) electrons. The van der Waals surface area contributed by atoms with Crippen molar-refractivity contribution in [3.05, 3.63) is 29.8 Å². The van der Waals surface area contributed by atoms with Crippen LogP contribution in [0.5, 0.6) is 5.75 Å². The molecule has 1 rings (SSSR count). The summed E-state index contributed by atoms with van der Waals surface area (Å²) in [7, 11) is 0. The van der Waals surface area contributed by atoms with Crippen molar-refractivity contribution in [2.24, 2.45) is 0 Å². The summed E-state index contributed by atoms with van der Waals surface area (Å²) in [5.41, 5.74) is -0.650. The summed E-state index contributed by atoms with van der Waals surface area (Å²) in [5.74, 6) is 0.481. The molecule has 1 unspecified atom stereocenters. The molecule has 0 bridgehead atoms. The van der Waals surface area contributed by atoms with Crippen LogP contribution in [-0.4, -0.2) is 6.10 Å². The minimum atomic E-state index is -4.28. The summed E-state index contributed by atoms with van der Waals surface area (Å²) in [6.45, 7) is 3.94. The summed E-state index contributed by atoms with van der Waals surface area (Å²) in [5, 5.41) is 0. The van der Waals surface area contributed by atoms with Crippen LogP contribution in [0.15, 0.2) is 24.3 Å². The monoisotopic (exact) mass is 232 g/mol. The lowest BCUT2D eigenvalue weighted by molar-refractivity contribution is -0.137. The van der Waals surface area contributed by atoms with E-state index in [1.807, 2.05) is 13.8 Å². The van der Waals surface area contributed by atoms with Crippen molar-refractivity contribution in [1.29, 1.82) is 0 Å². The maximum atomic E-state index is 12.3. The first-order chi connectivity index (χ1) is 7.43. The van der Waals surface area contributed by atoms with Crippen LogP contribution < -0.4 is 4.74 Å². The number of benzene rings is 1. The number of halogens is 3. The highest BCUT2D eigenvalue weighted by Crippen LogP contribution is 2.30. The van der Waals surface area contributed by atoms with Gasteiger partial charge in [0.2, 0.25) is 0 Å². The normalized spacial score (nSPS) is 13.6. The van der Waals surface area contributed by atoms with Crippen molar-refractivity contribution in [3.63, 3.8) is 0 Å². The predicted molar refractivity (Wildman–Crippen MR) is 56.4 cm³/mol. The Labute approximate surface area is 93.2 Å². The van der Waals surface area contributed by atoms with Crippen molar-refractivity contribution in [2.45, 2.75) is 39.0 Å². The molecule has 0 saturated carbocycles. The van der Waals surface area contributed by atoms with E-state index in [-0.39, 0.29) is 6.10 Å². The first kappa shape index (κ1) is 12.9. The first-order valence-corrected chi connectivity index (χ1v) is 5.27. The van der Waals surface area contributed by atoms with Crippen molar-refractivity contribution in [2.75, 3.05) is 0 Å². The smallest absolute Gasteiger partial charge is 0.416 e. The van der Waals surface area contributed by atoms with Crippen LogP contribution in [0.1, 0.15) is 32.3 Å². The van der Waals surface area contributed by atoms with Gasteiger partial charge in [0.05, 0.1) is 11.7 Å². The molecule has 16 heavy (non-hydrogen) atoms. The Morgan fingerprint density at radius 2 is 1.75 bits per heavy atom. The third-order valence-electron chi connectivity index (χ3n) is 2.21. The zero-order valence-corrected chi connectivity index (χ0v) is 9.34. The van der Waals surface area contributed by atoms with Gasteiger partial charge in [-0.15, -0.1) is 0 Å². The van der Waals surface area contributed by atoms with E-state index in [1.165, 1.54) is 12.1 Å². The second-order valence-electron chi connectivity index (χ2n) is 3.74. The topological polar surface area (TPSA) is 9.23 Å². The lowest BCUT2D eigenvalue weighted by Gasteiger charge is -2.14. The summed E-state index contributed by atoms with van der Waals surface area (Å²) < 4.78 is 42.2. The van der Waals surface area contributed by atoms with Gasteiger partial charge in [0, 0.05) is 0 Å².